The molecule has 2 aromatic rings. The third kappa shape index (κ3) is 6.87. The van der Waals surface area contributed by atoms with Crippen LogP contribution in [0.3, 0.4) is 0 Å². The minimum atomic E-state index is 0.750. The van der Waals surface area contributed by atoms with Crippen molar-refractivity contribution in [3.63, 3.8) is 0 Å². The van der Waals surface area contributed by atoms with E-state index in [4.69, 9.17) is 16.4 Å². The first-order chi connectivity index (χ1) is 10.1. The molecule has 4 heteroatoms. The number of benzene rings is 1. The highest BCUT2D eigenvalue weighted by Gasteiger charge is 1.99. The van der Waals surface area contributed by atoms with Crippen LogP contribution in [-0.4, -0.2) is 4.98 Å². The lowest BCUT2D eigenvalue weighted by molar-refractivity contribution is 1.05. The first-order valence-electron chi connectivity index (χ1n) is 7.14. The van der Waals surface area contributed by atoms with Crippen molar-refractivity contribution in [2.24, 2.45) is 0 Å². The number of hydrogen-bond acceptors (Lipinski definition) is 3. The Hall–Kier alpha value is -1.19. The molecule has 1 aromatic carbocycles. The minimum Gasteiger partial charge on any atom is -0.398 e. The fraction of sp³-hybridized carbons (Fsp3) is 0.353. The number of aryl methyl sites for hydroxylation is 3. The number of anilines is 1. The molecule has 21 heavy (non-hydrogen) atoms. The van der Waals surface area contributed by atoms with Gasteiger partial charge < -0.3 is 5.73 Å². The highest BCUT2D eigenvalue weighted by atomic mass is 35.7. The van der Waals surface area contributed by atoms with E-state index >= 15 is 0 Å². The van der Waals surface area contributed by atoms with E-state index < -0.39 is 0 Å². The summed E-state index contributed by atoms with van der Waals surface area (Å²) in [6.07, 6.45) is 2.91. The van der Waals surface area contributed by atoms with E-state index in [1.54, 1.807) is 0 Å². The van der Waals surface area contributed by atoms with Crippen LogP contribution in [0.2, 0.25) is 0 Å². The Kier molecular flexibility index (Phi) is 10.8. The third-order valence-electron chi connectivity index (χ3n) is 2.82. The van der Waals surface area contributed by atoms with Gasteiger partial charge in [-0.1, -0.05) is 39.0 Å². The molecule has 1 heterocycles. The van der Waals surface area contributed by atoms with Crippen LogP contribution in [0.15, 0.2) is 41.4 Å². The summed E-state index contributed by atoms with van der Waals surface area (Å²) in [5, 5.41) is 0. The number of nitrogens with two attached hydrogens (primary N) is 1. The Bertz CT molecular complexity index is 510. The van der Waals surface area contributed by atoms with Crippen molar-refractivity contribution in [1.82, 2.24) is 4.98 Å². The first kappa shape index (κ1) is 19.8. The van der Waals surface area contributed by atoms with Crippen LogP contribution in [0.1, 0.15) is 37.6 Å². The Morgan fingerprint density at radius 2 is 1.81 bits per heavy atom. The van der Waals surface area contributed by atoms with Crippen molar-refractivity contribution in [3.8, 4) is 0 Å². The molecule has 0 aliphatic heterocycles. The molecule has 2 nitrogen and oxygen atoms in total. The number of pyridine rings is 1. The molecule has 0 saturated heterocycles. The SMILES string of the molecule is CC.CCc1cccnc1C.Cc1cccc(N)c1SCl. The number of nitrogen functional groups attached to an aromatic ring is 1. The van der Waals surface area contributed by atoms with Crippen molar-refractivity contribution in [1.29, 1.82) is 0 Å². The van der Waals surface area contributed by atoms with Crippen molar-refractivity contribution in [3.05, 3.63) is 53.3 Å². The van der Waals surface area contributed by atoms with E-state index in [1.807, 2.05) is 58.2 Å². The minimum absolute atomic E-state index is 0.750. The lowest BCUT2D eigenvalue weighted by atomic mass is 10.2. The number of hydrogen-bond donors (Lipinski definition) is 1. The molecule has 2 rings (SSSR count). The zero-order chi connectivity index (χ0) is 16.3. The molecule has 0 atom stereocenters. The third-order valence-corrected chi connectivity index (χ3v) is 3.99. The summed E-state index contributed by atoms with van der Waals surface area (Å²) >= 11 is 0. The standard InChI is InChI=1S/C8H11N.C7H8ClNS.C2H6/c1-3-8-5-4-6-9-7(8)2;1-5-3-2-4-6(9)7(5)10-8;1-2/h4-6H,3H2,1-2H3;2-4H,9H2,1H3;1-2H3. The van der Waals surface area contributed by atoms with Gasteiger partial charge in [0.2, 0.25) is 0 Å². The van der Waals surface area contributed by atoms with Gasteiger partial charge in [0, 0.05) is 22.5 Å². The van der Waals surface area contributed by atoms with Gasteiger partial charge in [-0.2, -0.15) is 0 Å². The molecule has 2 N–H and O–H groups in total. The van der Waals surface area contributed by atoms with Crippen molar-refractivity contribution >= 4 is 27.3 Å². The Labute approximate surface area is 137 Å². The predicted molar refractivity (Wildman–Crippen MR) is 97.0 cm³/mol. The summed E-state index contributed by atoms with van der Waals surface area (Å²) in [7, 11) is 6.74. The van der Waals surface area contributed by atoms with Gasteiger partial charge in [-0.3, -0.25) is 4.98 Å². The van der Waals surface area contributed by atoms with Crippen LogP contribution >= 0.6 is 21.7 Å². The molecule has 0 radical (unpaired) electrons. The highest BCUT2D eigenvalue weighted by Crippen LogP contribution is 2.30. The smallest absolute Gasteiger partial charge is 0.0492 e. The van der Waals surface area contributed by atoms with Gasteiger partial charge in [0.15, 0.2) is 0 Å². The second-order valence-corrected chi connectivity index (χ2v) is 5.20. The molecule has 0 spiro atoms. The molecule has 0 bridgehead atoms. The van der Waals surface area contributed by atoms with E-state index in [-0.39, 0.29) is 0 Å². The van der Waals surface area contributed by atoms with Gasteiger partial charge in [-0.25, -0.2) is 0 Å². The summed E-state index contributed by atoms with van der Waals surface area (Å²) in [4.78, 5) is 5.11. The van der Waals surface area contributed by atoms with Crippen LogP contribution < -0.4 is 5.73 Å². The van der Waals surface area contributed by atoms with Gasteiger partial charge in [0.25, 0.3) is 0 Å². The second-order valence-electron chi connectivity index (χ2n) is 4.17. The predicted octanol–water partition coefficient (Wildman–Crippen LogP) is 5.80. The normalized spacial score (nSPS) is 9.05. The van der Waals surface area contributed by atoms with Gasteiger partial charge in [0.1, 0.15) is 0 Å². The fourth-order valence-electron chi connectivity index (χ4n) is 1.67. The fourth-order valence-corrected chi connectivity index (χ4v) is 2.65. The van der Waals surface area contributed by atoms with Crippen molar-refractivity contribution in [2.45, 2.75) is 45.9 Å². The molecule has 0 aliphatic rings. The zero-order valence-corrected chi connectivity index (χ0v) is 15.1. The molecule has 0 amide bonds. The molecule has 0 saturated carbocycles. The molecule has 0 aliphatic carbocycles. The molecular weight excluding hydrogens is 300 g/mol. The van der Waals surface area contributed by atoms with Gasteiger partial charge in [0.05, 0.1) is 0 Å². The van der Waals surface area contributed by atoms with Crippen LogP contribution in [-0.2, 0) is 6.42 Å². The van der Waals surface area contributed by atoms with Crippen LogP contribution in [0, 0.1) is 13.8 Å². The molecule has 0 unspecified atom stereocenters. The van der Waals surface area contributed by atoms with E-state index in [0.717, 1.165) is 28.3 Å². The highest BCUT2D eigenvalue weighted by molar-refractivity contribution is 8.21. The average molecular weight is 325 g/mol. The second kappa shape index (κ2) is 11.5. The number of aromatic nitrogens is 1. The van der Waals surface area contributed by atoms with Gasteiger partial charge in [-0.05, 0) is 65.2 Å². The summed E-state index contributed by atoms with van der Waals surface area (Å²) < 4.78 is 0. The lowest BCUT2D eigenvalue weighted by Gasteiger charge is -2.02. The van der Waals surface area contributed by atoms with E-state index in [9.17, 15) is 0 Å². The van der Waals surface area contributed by atoms with Crippen molar-refractivity contribution in [2.75, 3.05) is 5.73 Å². The topological polar surface area (TPSA) is 38.9 Å². The molecule has 116 valence electrons. The molecular formula is C17H25ClN2S. The molecule has 0 fully saturated rings. The number of nitrogens with zero attached hydrogens (tertiary/aromatic N) is 1. The zero-order valence-electron chi connectivity index (χ0n) is 13.5. The number of halogens is 1. The van der Waals surface area contributed by atoms with Gasteiger partial charge >= 0.3 is 0 Å². The summed E-state index contributed by atoms with van der Waals surface area (Å²) in [5.74, 6) is 0. The Morgan fingerprint density at radius 1 is 1.14 bits per heavy atom. The Morgan fingerprint density at radius 3 is 2.19 bits per heavy atom. The quantitative estimate of drug-likeness (QED) is 0.709. The average Bonchev–Trinajstić information content (AvgIpc) is 2.51. The van der Waals surface area contributed by atoms with E-state index in [2.05, 4.69) is 18.0 Å². The largest absolute Gasteiger partial charge is 0.398 e. The summed E-state index contributed by atoms with van der Waals surface area (Å²) in [6.45, 7) is 10.2. The maximum atomic E-state index is 5.63. The maximum Gasteiger partial charge on any atom is 0.0492 e. The van der Waals surface area contributed by atoms with E-state index in [0.29, 0.717) is 0 Å². The first-order valence-corrected chi connectivity index (χ1v) is 8.78. The molecule has 1 aromatic heterocycles. The van der Waals surface area contributed by atoms with Crippen LogP contribution in [0.4, 0.5) is 5.69 Å². The summed E-state index contributed by atoms with van der Waals surface area (Å²) in [6, 6.07) is 9.84. The van der Waals surface area contributed by atoms with E-state index in [1.165, 1.54) is 16.5 Å². The van der Waals surface area contributed by atoms with Crippen molar-refractivity contribution < 1.29 is 0 Å². The maximum absolute atomic E-state index is 5.63. The monoisotopic (exact) mass is 324 g/mol. The summed E-state index contributed by atoms with van der Waals surface area (Å²) in [5.41, 5.74) is 10.00. The number of rotatable bonds is 2. The van der Waals surface area contributed by atoms with Crippen LogP contribution in [0.5, 0.6) is 0 Å². The van der Waals surface area contributed by atoms with Crippen LogP contribution in [0.25, 0.3) is 0 Å². The van der Waals surface area contributed by atoms with Gasteiger partial charge in [-0.15, -0.1) is 0 Å². The lowest BCUT2D eigenvalue weighted by Crippen LogP contribution is -1.88. The Balaban J connectivity index is 0.000000342.